The molecule has 5 nitrogen and oxygen atoms in total. The van der Waals surface area contributed by atoms with Crippen LogP contribution in [-0.4, -0.2) is 36.5 Å². The Kier molecular flexibility index (Phi) is 8.85. The van der Waals surface area contributed by atoms with Gasteiger partial charge in [0.25, 0.3) is 0 Å². The van der Waals surface area contributed by atoms with Crippen LogP contribution in [0.2, 0.25) is 0 Å². The molecule has 26 heavy (non-hydrogen) atoms. The summed E-state index contributed by atoms with van der Waals surface area (Å²) < 4.78 is 6.15. The van der Waals surface area contributed by atoms with Crippen molar-refractivity contribution >= 4 is 27.8 Å². The molecule has 1 aliphatic rings. The van der Waals surface area contributed by atoms with Crippen molar-refractivity contribution in [3.63, 3.8) is 0 Å². The number of Topliss-reactive ketones (excluding diaryl/α,β-unsaturated/α-hetero) is 1. The minimum absolute atomic E-state index is 0.131. The lowest BCUT2D eigenvalue weighted by molar-refractivity contribution is -0.112. The molecule has 0 aliphatic heterocycles. The first kappa shape index (κ1) is 22.2. The molecular weight excluding hydrogens is 396 g/mol. The second-order valence-corrected chi connectivity index (χ2v) is 7.59. The van der Waals surface area contributed by atoms with Crippen LogP contribution in [0, 0.1) is 0 Å². The van der Waals surface area contributed by atoms with E-state index in [1.165, 1.54) is 0 Å². The third-order valence-corrected chi connectivity index (χ3v) is 5.44. The van der Waals surface area contributed by atoms with Gasteiger partial charge >= 0.3 is 6.09 Å². The number of hydrogen-bond acceptors (Lipinski definition) is 4. The fourth-order valence-electron chi connectivity index (χ4n) is 2.69. The molecule has 1 amide bonds. The fraction of sp³-hybridized carbons (Fsp3) is 0.500. The van der Waals surface area contributed by atoms with Crippen LogP contribution < -0.4 is 5.73 Å². The topological polar surface area (TPSA) is 72.6 Å². The van der Waals surface area contributed by atoms with Gasteiger partial charge in [-0.2, -0.15) is 0 Å². The molecule has 1 saturated carbocycles. The molecule has 0 unspecified atom stereocenters. The van der Waals surface area contributed by atoms with E-state index in [4.69, 9.17) is 10.5 Å². The highest BCUT2D eigenvalue weighted by Crippen LogP contribution is 2.23. The van der Waals surface area contributed by atoms with Gasteiger partial charge in [0.1, 0.15) is 6.61 Å². The van der Waals surface area contributed by atoms with E-state index in [1.807, 2.05) is 6.92 Å². The predicted octanol–water partition coefficient (Wildman–Crippen LogP) is 4.60. The maximum Gasteiger partial charge on any atom is 0.410 e. The monoisotopic (exact) mass is 424 g/mol. The zero-order chi connectivity index (χ0) is 19.9. The van der Waals surface area contributed by atoms with E-state index in [0.717, 1.165) is 35.7 Å². The quantitative estimate of drug-likeness (QED) is 0.478. The van der Waals surface area contributed by atoms with Gasteiger partial charge in [0.15, 0.2) is 5.78 Å². The van der Waals surface area contributed by atoms with E-state index in [2.05, 4.69) is 22.5 Å². The first-order valence-corrected chi connectivity index (χ1v) is 9.54. The molecule has 2 N–H and O–H groups in total. The number of carbonyl (C=O) groups is 2. The Morgan fingerprint density at radius 3 is 2.31 bits per heavy atom. The molecule has 1 aliphatic carbocycles. The fourth-order valence-corrected chi connectivity index (χ4v) is 2.82. The van der Waals surface area contributed by atoms with E-state index in [0.29, 0.717) is 16.8 Å². The van der Waals surface area contributed by atoms with E-state index < -0.39 is 6.09 Å². The minimum atomic E-state index is -0.421. The molecule has 0 aromatic heterocycles. The van der Waals surface area contributed by atoms with E-state index in [-0.39, 0.29) is 18.4 Å². The Labute approximate surface area is 164 Å². The van der Waals surface area contributed by atoms with Crippen LogP contribution in [0.4, 0.5) is 4.79 Å². The molecular formula is C20H29BrN2O3. The summed E-state index contributed by atoms with van der Waals surface area (Å²) in [6.45, 7) is 8.88. The number of amides is 1. The maximum atomic E-state index is 12.6. The Bertz CT molecular complexity index is 652. The van der Waals surface area contributed by atoms with Crippen molar-refractivity contribution in [3.8, 4) is 0 Å². The number of hydrogen-bond donors (Lipinski definition) is 1. The Hall–Kier alpha value is -1.82. The summed E-state index contributed by atoms with van der Waals surface area (Å²) in [5.74, 6) is -0.236. The molecule has 1 rings (SSSR count). The summed E-state index contributed by atoms with van der Waals surface area (Å²) in [6, 6.07) is 0.218. The van der Waals surface area contributed by atoms with Crippen molar-refractivity contribution in [1.82, 2.24) is 4.90 Å². The predicted molar refractivity (Wildman–Crippen MR) is 109 cm³/mol. The van der Waals surface area contributed by atoms with Gasteiger partial charge in [-0.3, -0.25) is 4.79 Å². The lowest BCUT2D eigenvalue weighted by Crippen LogP contribution is -2.36. The summed E-state index contributed by atoms with van der Waals surface area (Å²) >= 11 is 3.38. The maximum absolute atomic E-state index is 12.6. The Morgan fingerprint density at radius 2 is 1.81 bits per heavy atom. The number of nitrogens with two attached hydrogens (primary N) is 1. The van der Waals surface area contributed by atoms with Crippen molar-refractivity contribution in [2.45, 2.75) is 52.5 Å². The van der Waals surface area contributed by atoms with Crippen molar-refractivity contribution < 1.29 is 14.3 Å². The van der Waals surface area contributed by atoms with Gasteiger partial charge in [0.05, 0.1) is 5.57 Å². The van der Waals surface area contributed by atoms with Crippen LogP contribution >= 0.6 is 15.9 Å². The van der Waals surface area contributed by atoms with Crippen LogP contribution in [0.15, 0.2) is 45.6 Å². The SMILES string of the molecule is C=C(C)/C(Br)=C\C=C(/C)C(=O)C(COC(=O)N(C)C1CCCC1)=C(C)N. The number of rotatable bonds is 7. The van der Waals surface area contributed by atoms with Crippen LogP contribution in [-0.2, 0) is 9.53 Å². The van der Waals surface area contributed by atoms with Crippen molar-refractivity contribution in [3.05, 3.63) is 45.6 Å². The van der Waals surface area contributed by atoms with Crippen molar-refractivity contribution in [1.29, 1.82) is 0 Å². The van der Waals surface area contributed by atoms with Crippen LogP contribution in [0.25, 0.3) is 0 Å². The minimum Gasteiger partial charge on any atom is -0.444 e. The Balaban J connectivity index is 2.77. The normalized spacial score (nSPS) is 17.0. The summed E-state index contributed by atoms with van der Waals surface area (Å²) in [6.07, 6.45) is 7.28. The van der Waals surface area contributed by atoms with Gasteiger partial charge in [-0.15, -0.1) is 0 Å². The highest BCUT2D eigenvalue weighted by Gasteiger charge is 2.25. The number of ether oxygens (including phenoxy) is 1. The van der Waals surface area contributed by atoms with Gasteiger partial charge in [0, 0.05) is 23.3 Å². The van der Waals surface area contributed by atoms with Gasteiger partial charge < -0.3 is 15.4 Å². The molecule has 1 fully saturated rings. The number of carbonyl (C=O) groups excluding carboxylic acids is 2. The zero-order valence-corrected chi connectivity index (χ0v) is 17.7. The average Bonchev–Trinajstić information content (AvgIpc) is 3.12. The van der Waals surface area contributed by atoms with Crippen molar-refractivity contribution in [2.75, 3.05) is 13.7 Å². The molecule has 0 heterocycles. The number of allylic oxidation sites excluding steroid dienone is 6. The highest BCUT2D eigenvalue weighted by molar-refractivity contribution is 9.12. The summed E-state index contributed by atoms with van der Waals surface area (Å²) in [4.78, 5) is 26.5. The molecule has 0 bridgehead atoms. The highest BCUT2D eigenvalue weighted by atomic mass is 79.9. The second-order valence-electron chi connectivity index (χ2n) is 6.74. The number of halogens is 1. The van der Waals surface area contributed by atoms with Gasteiger partial charge in [-0.1, -0.05) is 41.4 Å². The molecule has 0 radical (unpaired) electrons. The molecule has 0 spiro atoms. The summed E-state index contributed by atoms with van der Waals surface area (Å²) in [5.41, 5.74) is 7.86. The number of ketones is 1. The van der Waals surface area contributed by atoms with Crippen molar-refractivity contribution in [2.24, 2.45) is 5.73 Å². The molecule has 6 heteroatoms. The van der Waals surface area contributed by atoms with E-state index in [9.17, 15) is 9.59 Å². The standard InChI is InChI=1S/C20H29BrN2O3/c1-13(2)18(21)11-10-14(3)19(24)17(15(4)22)12-26-20(25)23(5)16-8-6-7-9-16/h10-11,16H,1,6-9,12,22H2,2-5H3/b14-10+,17-15?,18-11+. The first-order valence-electron chi connectivity index (χ1n) is 8.74. The van der Waals surface area contributed by atoms with Crippen LogP contribution in [0.5, 0.6) is 0 Å². The largest absolute Gasteiger partial charge is 0.444 e. The second kappa shape index (κ2) is 10.4. The van der Waals surface area contributed by atoms with Gasteiger partial charge in [0.2, 0.25) is 0 Å². The number of nitrogens with zero attached hydrogens (tertiary/aromatic N) is 1. The first-order chi connectivity index (χ1) is 12.1. The third-order valence-electron chi connectivity index (χ3n) is 4.50. The molecule has 0 atom stereocenters. The van der Waals surface area contributed by atoms with E-state index in [1.54, 1.807) is 37.9 Å². The zero-order valence-electron chi connectivity index (χ0n) is 16.1. The summed E-state index contributed by atoms with van der Waals surface area (Å²) in [7, 11) is 1.74. The summed E-state index contributed by atoms with van der Waals surface area (Å²) in [5, 5.41) is 0. The Morgan fingerprint density at radius 1 is 1.23 bits per heavy atom. The molecule has 0 saturated heterocycles. The lowest BCUT2D eigenvalue weighted by Gasteiger charge is -2.23. The van der Waals surface area contributed by atoms with Gasteiger partial charge in [-0.25, -0.2) is 4.79 Å². The van der Waals surface area contributed by atoms with E-state index >= 15 is 0 Å². The van der Waals surface area contributed by atoms with Gasteiger partial charge in [-0.05, 0) is 50.8 Å². The molecule has 0 aromatic rings. The smallest absolute Gasteiger partial charge is 0.410 e. The van der Waals surface area contributed by atoms with Crippen LogP contribution in [0.1, 0.15) is 46.5 Å². The van der Waals surface area contributed by atoms with Crippen LogP contribution in [0.3, 0.4) is 0 Å². The lowest BCUT2D eigenvalue weighted by atomic mass is 10.0. The average molecular weight is 425 g/mol. The molecule has 144 valence electrons. The third kappa shape index (κ3) is 6.48. The molecule has 0 aromatic carbocycles.